The maximum absolute atomic E-state index is 11.4. The van der Waals surface area contributed by atoms with Gasteiger partial charge in [0.2, 0.25) is 0 Å². The van der Waals surface area contributed by atoms with Gasteiger partial charge in [-0.25, -0.2) is 0 Å². The van der Waals surface area contributed by atoms with Crippen LogP contribution in [0.4, 0.5) is 0 Å². The average molecular weight is 264 g/mol. The Morgan fingerprint density at radius 2 is 2.36 bits per heavy atom. The van der Waals surface area contributed by atoms with E-state index in [0.717, 1.165) is 24.6 Å². The standard InChI is InChI=1S/C10H18BrNO2/c1-7-2-3-8(6-7)14-10(13)9(12)4-5-11/h7-9H,2-6,12H2,1H3. The van der Waals surface area contributed by atoms with Crippen molar-refractivity contribution in [1.29, 1.82) is 0 Å². The van der Waals surface area contributed by atoms with Crippen molar-refractivity contribution in [3.05, 3.63) is 0 Å². The van der Waals surface area contributed by atoms with E-state index in [9.17, 15) is 4.79 Å². The highest BCUT2D eigenvalue weighted by Gasteiger charge is 2.26. The van der Waals surface area contributed by atoms with E-state index in [1.807, 2.05) is 0 Å². The van der Waals surface area contributed by atoms with Crippen LogP contribution in [0.3, 0.4) is 0 Å². The molecule has 0 amide bonds. The number of rotatable bonds is 4. The molecule has 0 aliphatic heterocycles. The Bertz CT molecular complexity index is 199. The van der Waals surface area contributed by atoms with Gasteiger partial charge in [-0.05, 0) is 31.6 Å². The molecule has 0 radical (unpaired) electrons. The van der Waals surface area contributed by atoms with Crippen molar-refractivity contribution < 1.29 is 9.53 Å². The molecule has 3 atom stereocenters. The summed E-state index contributed by atoms with van der Waals surface area (Å²) in [6, 6.07) is -0.467. The summed E-state index contributed by atoms with van der Waals surface area (Å²) >= 11 is 3.25. The zero-order chi connectivity index (χ0) is 10.6. The molecule has 0 bridgehead atoms. The number of alkyl halides is 1. The molecule has 0 aromatic rings. The van der Waals surface area contributed by atoms with Crippen molar-refractivity contribution >= 4 is 21.9 Å². The largest absolute Gasteiger partial charge is 0.461 e. The summed E-state index contributed by atoms with van der Waals surface area (Å²) in [5.41, 5.74) is 5.64. The molecule has 1 aliphatic carbocycles. The summed E-state index contributed by atoms with van der Waals surface area (Å²) in [4.78, 5) is 11.4. The Morgan fingerprint density at radius 3 is 2.86 bits per heavy atom. The third-order valence-electron chi connectivity index (χ3n) is 2.65. The number of esters is 1. The minimum Gasteiger partial charge on any atom is -0.461 e. The van der Waals surface area contributed by atoms with Crippen molar-refractivity contribution in [3.8, 4) is 0 Å². The predicted octanol–water partition coefficient (Wildman–Crippen LogP) is 1.83. The maximum Gasteiger partial charge on any atom is 0.323 e. The van der Waals surface area contributed by atoms with E-state index in [1.54, 1.807) is 0 Å². The maximum atomic E-state index is 11.4. The highest BCUT2D eigenvalue weighted by Crippen LogP contribution is 2.27. The van der Waals surface area contributed by atoms with Gasteiger partial charge in [0.05, 0.1) is 0 Å². The van der Waals surface area contributed by atoms with Gasteiger partial charge < -0.3 is 10.5 Å². The second-order valence-electron chi connectivity index (χ2n) is 4.06. The molecule has 0 spiro atoms. The normalized spacial score (nSPS) is 28.8. The molecular weight excluding hydrogens is 246 g/mol. The number of hydrogen-bond donors (Lipinski definition) is 1. The first-order valence-electron chi connectivity index (χ1n) is 5.15. The molecule has 1 saturated carbocycles. The van der Waals surface area contributed by atoms with Crippen LogP contribution in [0.2, 0.25) is 0 Å². The monoisotopic (exact) mass is 263 g/mol. The summed E-state index contributed by atoms with van der Waals surface area (Å²) in [5, 5.41) is 0.740. The van der Waals surface area contributed by atoms with E-state index < -0.39 is 6.04 Å². The van der Waals surface area contributed by atoms with Gasteiger partial charge in [-0.2, -0.15) is 0 Å². The van der Waals surface area contributed by atoms with Crippen molar-refractivity contribution in [2.45, 2.75) is 44.8 Å². The van der Waals surface area contributed by atoms with Crippen LogP contribution in [0.1, 0.15) is 32.6 Å². The Balaban J connectivity index is 2.26. The molecular formula is C10H18BrNO2. The van der Waals surface area contributed by atoms with E-state index in [4.69, 9.17) is 10.5 Å². The summed E-state index contributed by atoms with van der Waals surface area (Å²) < 4.78 is 5.31. The van der Waals surface area contributed by atoms with E-state index in [1.165, 1.54) is 0 Å². The number of ether oxygens (including phenoxy) is 1. The van der Waals surface area contributed by atoms with Gasteiger partial charge in [-0.3, -0.25) is 4.79 Å². The van der Waals surface area contributed by atoms with E-state index in [0.29, 0.717) is 12.3 Å². The van der Waals surface area contributed by atoms with E-state index in [2.05, 4.69) is 22.9 Å². The van der Waals surface area contributed by atoms with Crippen LogP contribution in [-0.4, -0.2) is 23.4 Å². The number of nitrogens with two attached hydrogens (primary N) is 1. The molecule has 0 heterocycles. The second kappa shape index (κ2) is 5.71. The highest BCUT2D eigenvalue weighted by molar-refractivity contribution is 9.09. The Morgan fingerprint density at radius 1 is 1.64 bits per heavy atom. The van der Waals surface area contributed by atoms with Crippen molar-refractivity contribution in [2.24, 2.45) is 11.7 Å². The quantitative estimate of drug-likeness (QED) is 0.622. The number of halogens is 1. The van der Waals surface area contributed by atoms with Gasteiger partial charge in [0, 0.05) is 5.33 Å². The summed E-state index contributed by atoms with van der Waals surface area (Å²) in [7, 11) is 0. The van der Waals surface area contributed by atoms with Crippen LogP contribution in [0.25, 0.3) is 0 Å². The molecule has 0 aromatic heterocycles. The average Bonchev–Trinajstić information content (AvgIpc) is 2.51. The van der Waals surface area contributed by atoms with Gasteiger partial charge in [0.1, 0.15) is 12.1 Å². The molecule has 1 rings (SSSR count). The first-order chi connectivity index (χ1) is 6.63. The third-order valence-corrected chi connectivity index (χ3v) is 3.11. The third kappa shape index (κ3) is 3.58. The zero-order valence-corrected chi connectivity index (χ0v) is 10.1. The lowest BCUT2D eigenvalue weighted by Crippen LogP contribution is -2.34. The molecule has 14 heavy (non-hydrogen) atoms. The van der Waals surface area contributed by atoms with Crippen LogP contribution >= 0.6 is 15.9 Å². The van der Waals surface area contributed by atoms with Crippen LogP contribution < -0.4 is 5.73 Å². The molecule has 82 valence electrons. The van der Waals surface area contributed by atoms with Crippen LogP contribution in [-0.2, 0) is 9.53 Å². The topological polar surface area (TPSA) is 52.3 Å². The molecule has 4 heteroatoms. The molecule has 0 saturated heterocycles. The van der Waals surface area contributed by atoms with E-state index >= 15 is 0 Å². The minimum atomic E-state index is -0.467. The van der Waals surface area contributed by atoms with Gasteiger partial charge in [-0.1, -0.05) is 22.9 Å². The number of carbonyl (C=O) groups excluding carboxylic acids is 1. The van der Waals surface area contributed by atoms with Crippen molar-refractivity contribution in [2.75, 3.05) is 5.33 Å². The van der Waals surface area contributed by atoms with Crippen molar-refractivity contribution in [1.82, 2.24) is 0 Å². The van der Waals surface area contributed by atoms with Gasteiger partial charge in [0.25, 0.3) is 0 Å². The fraction of sp³-hybridized carbons (Fsp3) is 0.900. The molecule has 1 fully saturated rings. The predicted molar refractivity (Wildman–Crippen MR) is 59.3 cm³/mol. The fourth-order valence-electron chi connectivity index (χ4n) is 1.75. The lowest BCUT2D eigenvalue weighted by molar-refractivity contribution is -0.150. The Labute approximate surface area is 93.5 Å². The Kier molecular flexibility index (Phi) is 4.89. The Hall–Kier alpha value is -0.0900. The highest BCUT2D eigenvalue weighted by atomic mass is 79.9. The van der Waals surface area contributed by atoms with Crippen molar-refractivity contribution in [3.63, 3.8) is 0 Å². The molecule has 2 N–H and O–H groups in total. The molecule has 3 nitrogen and oxygen atoms in total. The first-order valence-corrected chi connectivity index (χ1v) is 6.27. The number of hydrogen-bond acceptors (Lipinski definition) is 3. The van der Waals surface area contributed by atoms with Gasteiger partial charge >= 0.3 is 5.97 Å². The van der Waals surface area contributed by atoms with Gasteiger partial charge in [-0.15, -0.1) is 0 Å². The fourth-order valence-corrected chi connectivity index (χ4v) is 2.24. The minimum absolute atomic E-state index is 0.110. The molecule has 3 unspecified atom stereocenters. The lowest BCUT2D eigenvalue weighted by atomic mass is 10.1. The van der Waals surface area contributed by atoms with Crippen LogP contribution in [0, 0.1) is 5.92 Å². The lowest BCUT2D eigenvalue weighted by Gasteiger charge is -2.15. The van der Waals surface area contributed by atoms with Gasteiger partial charge in [0.15, 0.2) is 0 Å². The second-order valence-corrected chi connectivity index (χ2v) is 4.85. The first kappa shape index (κ1) is 12.0. The molecule has 0 aromatic carbocycles. The van der Waals surface area contributed by atoms with Crippen LogP contribution in [0.5, 0.6) is 0 Å². The zero-order valence-electron chi connectivity index (χ0n) is 8.54. The van der Waals surface area contributed by atoms with Crippen LogP contribution in [0.15, 0.2) is 0 Å². The SMILES string of the molecule is CC1CCC(OC(=O)C(N)CCBr)C1. The molecule has 1 aliphatic rings. The smallest absolute Gasteiger partial charge is 0.323 e. The summed E-state index contributed by atoms with van der Waals surface area (Å²) in [6.07, 6.45) is 3.90. The van der Waals surface area contributed by atoms with E-state index in [-0.39, 0.29) is 12.1 Å². The summed E-state index contributed by atoms with van der Waals surface area (Å²) in [5.74, 6) is 0.434. The summed E-state index contributed by atoms with van der Waals surface area (Å²) in [6.45, 7) is 2.19. The number of carbonyl (C=O) groups is 1.